The fourth-order valence-corrected chi connectivity index (χ4v) is 3.68. The number of hydrogen-bond donors (Lipinski definition) is 1. The van der Waals surface area contributed by atoms with E-state index >= 15 is 0 Å². The Balaban J connectivity index is 1.42. The molecule has 2 heterocycles. The van der Waals surface area contributed by atoms with Gasteiger partial charge in [-0.05, 0) is 31.0 Å². The standard InChI is InChI=1S/C20H22N2O2/c23-20(21-17-14-24-19-11-5-4-9-16(17)19)18-10-6-12-22(18)13-15-7-2-1-3-8-15/h1-5,7-9,11,17-18H,6,10,12-14H2,(H,21,23). The van der Waals surface area contributed by atoms with Crippen LogP contribution in [0, 0.1) is 0 Å². The van der Waals surface area contributed by atoms with E-state index in [4.69, 9.17) is 4.74 Å². The van der Waals surface area contributed by atoms with Crippen molar-refractivity contribution in [2.75, 3.05) is 13.2 Å². The average molecular weight is 322 g/mol. The van der Waals surface area contributed by atoms with Crippen LogP contribution in [0.2, 0.25) is 0 Å². The zero-order valence-electron chi connectivity index (χ0n) is 13.7. The molecular formula is C20H22N2O2. The second kappa shape index (κ2) is 6.65. The molecule has 2 aliphatic heterocycles. The Labute approximate surface area is 142 Å². The molecule has 2 atom stereocenters. The van der Waals surface area contributed by atoms with Gasteiger partial charge in [0.1, 0.15) is 12.4 Å². The SMILES string of the molecule is O=C(NC1COc2ccccc21)C1CCCN1Cc1ccccc1. The van der Waals surface area contributed by atoms with Gasteiger partial charge in [-0.3, -0.25) is 9.69 Å². The summed E-state index contributed by atoms with van der Waals surface area (Å²) in [7, 11) is 0. The summed E-state index contributed by atoms with van der Waals surface area (Å²) in [6, 6.07) is 18.2. The summed E-state index contributed by atoms with van der Waals surface area (Å²) in [5, 5.41) is 3.19. The van der Waals surface area contributed by atoms with E-state index in [1.54, 1.807) is 0 Å². The molecule has 2 unspecified atom stereocenters. The molecule has 0 bridgehead atoms. The molecule has 2 aliphatic rings. The molecule has 0 spiro atoms. The number of rotatable bonds is 4. The fraction of sp³-hybridized carbons (Fsp3) is 0.350. The van der Waals surface area contributed by atoms with E-state index in [9.17, 15) is 4.79 Å². The van der Waals surface area contributed by atoms with Gasteiger partial charge in [0.2, 0.25) is 5.91 Å². The number of carbonyl (C=O) groups is 1. The summed E-state index contributed by atoms with van der Waals surface area (Å²) in [6.07, 6.45) is 2.00. The highest BCUT2D eigenvalue weighted by atomic mass is 16.5. The first-order chi connectivity index (χ1) is 11.8. The van der Waals surface area contributed by atoms with Gasteiger partial charge in [0, 0.05) is 12.1 Å². The van der Waals surface area contributed by atoms with Crippen LogP contribution < -0.4 is 10.1 Å². The molecule has 2 aromatic carbocycles. The van der Waals surface area contributed by atoms with E-state index in [0.717, 1.165) is 37.2 Å². The Kier molecular flexibility index (Phi) is 4.22. The number of ether oxygens (including phenoxy) is 1. The van der Waals surface area contributed by atoms with Gasteiger partial charge in [0.15, 0.2) is 0 Å². The lowest BCUT2D eigenvalue weighted by molar-refractivity contribution is -0.126. The summed E-state index contributed by atoms with van der Waals surface area (Å²) in [5.74, 6) is 1.00. The summed E-state index contributed by atoms with van der Waals surface area (Å²) in [6.45, 7) is 2.33. The van der Waals surface area contributed by atoms with Crippen LogP contribution >= 0.6 is 0 Å². The zero-order valence-corrected chi connectivity index (χ0v) is 13.7. The maximum absolute atomic E-state index is 12.8. The predicted octanol–water partition coefficient (Wildman–Crippen LogP) is 2.90. The highest BCUT2D eigenvalue weighted by molar-refractivity contribution is 5.82. The molecular weight excluding hydrogens is 300 g/mol. The van der Waals surface area contributed by atoms with Gasteiger partial charge in [-0.2, -0.15) is 0 Å². The first-order valence-electron chi connectivity index (χ1n) is 8.61. The molecule has 1 saturated heterocycles. The molecule has 0 saturated carbocycles. The summed E-state index contributed by atoms with van der Waals surface area (Å²) >= 11 is 0. The van der Waals surface area contributed by atoms with Crippen LogP contribution in [0.25, 0.3) is 0 Å². The lowest BCUT2D eigenvalue weighted by atomic mass is 10.1. The maximum atomic E-state index is 12.8. The van der Waals surface area contributed by atoms with Crippen molar-refractivity contribution in [1.29, 1.82) is 0 Å². The first-order valence-corrected chi connectivity index (χ1v) is 8.61. The summed E-state index contributed by atoms with van der Waals surface area (Å²) in [5.41, 5.74) is 2.34. The van der Waals surface area contributed by atoms with Gasteiger partial charge in [0.25, 0.3) is 0 Å². The van der Waals surface area contributed by atoms with Gasteiger partial charge in [-0.1, -0.05) is 48.5 Å². The second-order valence-electron chi connectivity index (χ2n) is 6.52. The van der Waals surface area contributed by atoms with E-state index in [2.05, 4.69) is 22.3 Å². The molecule has 1 N–H and O–H groups in total. The minimum Gasteiger partial charge on any atom is -0.491 e. The monoisotopic (exact) mass is 322 g/mol. The van der Waals surface area contributed by atoms with E-state index in [1.165, 1.54) is 5.56 Å². The molecule has 1 amide bonds. The molecule has 2 aromatic rings. The van der Waals surface area contributed by atoms with Crippen molar-refractivity contribution in [3.05, 3.63) is 65.7 Å². The molecule has 4 heteroatoms. The van der Waals surface area contributed by atoms with Crippen molar-refractivity contribution < 1.29 is 9.53 Å². The Morgan fingerprint density at radius 3 is 2.79 bits per heavy atom. The van der Waals surface area contributed by atoms with Crippen molar-refractivity contribution >= 4 is 5.91 Å². The average Bonchev–Trinajstić information content (AvgIpc) is 3.23. The van der Waals surface area contributed by atoms with Crippen molar-refractivity contribution in [1.82, 2.24) is 10.2 Å². The van der Waals surface area contributed by atoms with E-state index in [-0.39, 0.29) is 18.0 Å². The van der Waals surface area contributed by atoms with E-state index < -0.39 is 0 Å². The third-order valence-corrected chi connectivity index (χ3v) is 4.91. The molecule has 0 radical (unpaired) electrons. The number of nitrogens with zero attached hydrogens (tertiary/aromatic N) is 1. The van der Waals surface area contributed by atoms with Gasteiger partial charge >= 0.3 is 0 Å². The van der Waals surface area contributed by atoms with Crippen LogP contribution in [0.4, 0.5) is 0 Å². The highest BCUT2D eigenvalue weighted by Crippen LogP contribution is 2.32. The Hall–Kier alpha value is -2.33. The molecule has 4 rings (SSSR count). The van der Waals surface area contributed by atoms with Crippen LogP contribution in [0.3, 0.4) is 0 Å². The van der Waals surface area contributed by atoms with Gasteiger partial charge in [-0.25, -0.2) is 0 Å². The minimum absolute atomic E-state index is 0.0344. The van der Waals surface area contributed by atoms with Crippen molar-refractivity contribution in [2.24, 2.45) is 0 Å². The number of amides is 1. The quantitative estimate of drug-likeness (QED) is 0.941. The Morgan fingerprint density at radius 2 is 1.92 bits per heavy atom. The third-order valence-electron chi connectivity index (χ3n) is 4.91. The van der Waals surface area contributed by atoms with Gasteiger partial charge < -0.3 is 10.1 Å². The number of benzene rings is 2. The number of carbonyl (C=O) groups excluding carboxylic acids is 1. The number of likely N-dealkylation sites (tertiary alicyclic amines) is 1. The maximum Gasteiger partial charge on any atom is 0.237 e. The van der Waals surface area contributed by atoms with Crippen molar-refractivity contribution in [3.8, 4) is 5.75 Å². The number of hydrogen-bond acceptors (Lipinski definition) is 3. The smallest absolute Gasteiger partial charge is 0.237 e. The fourth-order valence-electron chi connectivity index (χ4n) is 3.68. The molecule has 124 valence electrons. The summed E-state index contributed by atoms with van der Waals surface area (Å²) < 4.78 is 5.67. The topological polar surface area (TPSA) is 41.6 Å². The first kappa shape index (κ1) is 15.2. The van der Waals surface area contributed by atoms with Crippen molar-refractivity contribution in [3.63, 3.8) is 0 Å². The predicted molar refractivity (Wildman–Crippen MR) is 92.7 cm³/mol. The Bertz CT molecular complexity index is 717. The largest absolute Gasteiger partial charge is 0.491 e. The van der Waals surface area contributed by atoms with E-state index in [1.807, 2.05) is 42.5 Å². The highest BCUT2D eigenvalue weighted by Gasteiger charge is 2.33. The number of nitrogens with one attached hydrogen (secondary N) is 1. The van der Waals surface area contributed by atoms with E-state index in [0.29, 0.717) is 6.61 Å². The normalized spacial score (nSPS) is 22.8. The zero-order chi connectivity index (χ0) is 16.4. The van der Waals surface area contributed by atoms with Crippen LogP contribution in [-0.2, 0) is 11.3 Å². The number of para-hydroxylation sites is 1. The molecule has 24 heavy (non-hydrogen) atoms. The third kappa shape index (κ3) is 3.02. The van der Waals surface area contributed by atoms with Crippen LogP contribution in [0.1, 0.15) is 30.0 Å². The van der Waals surface area contributed by atoms with Crippen LogP contribution in [-0.4, -0.2) is 30.0 Å². The minimum atomic E-state index is -0.0435. The molecule has 0 aliphatic carbocycles. The lowest BCUT2D eigenvalue weighted by Crippen LogP contribution is -2.44. The lowest BCUT2D eigenvalue weighted by Gasteiger charge is -2.25. The molecule has 1 fully saturated rings. The second-order valence-corrected chi connectivity index (χ2v) is 6.52. The van der Waals surface area contributed by atoms with Gasteiger partial charge in [0.05, 0.1) is 12.1 Å². The molecule has 4 nitrogen and oxygen atoms in total. The van der Waals surface area contributed by atoms with Gasteiger partial charge in [-0.15, -0.1) is 0 Å². The number of fused-ring (bicyclic) bond motifs is 1. The van der Waals surface area contributed by atoms with Crippen LogP contribution in [0.15, 0.2) is 54.6 Å². The Morgan fingerprint density at radius 1 is 1.12 bits per heavy atom. The molecule has 0 aromatic heterocycles. The summed E-state index contributed by atoms with van der Waals surface area (Å²) in [4.78, 5) is 15.1. The van der Waals surface area contributed by atoms with Crippen molar-refractivity contribution in [2.45, 2.75) is 31.5 Å². The van der Waals surface area contributed by atoms with Crippen LogP contribution in [0.5, 0.6) is 5.75 Å².